The van der Waals surface area contributed by atoms with Gasteiger partial charge in [-0.15, -0.1) is 0 Å². The first-order valence-electron chi connectivity index (χ1n) is 6.48. The average molecular weight is 249 g/mol. The molecule has 0 aliphatic heterocycles. The smallest absolute Gasteiger partial charge is 0.335 e. The monoisotopic (exact) mass is 249 g/mol. The van der Waals surface area contributed by atoms with Crippen LogP contribution in [0.5, 0.6) is 0 Å². The first-order chi connectivity index (χ1) is 8.45. The number of hydrogen-bond acceptors (Lipinski definition) is 2. The third-order valence-corrected chi connectivity index (χ3v) is 3.80. The van der Waals surface area contributed by atoms with Crippen LogP contribution in [0.1, 0.15) is 43.1 Å². The van der Waals surface area contributed by atoms with Crippen molar-refractivity contribution < 1.29 is 9.90 Å². The molecule has 1 aromatic rings. The highest BCUT2D eigenvalue weighted by atomic mass is 16.4. The molecule has 0 fully saturated rings. The van der Waals surface area contributed by atoms with Gasteiger partial charge in [0, 0.05) is 12.6 Å². The molecule has 0 aliphatic carbocycles. The molecule has 100 valence electrons. The van der Waals surface area contributed by atoms with Gasteiger partial charge in [-0.05, 0) is 37.6 Å². The van der Waals surface area contributed by atoms with Crippen LogP contribution in [0.3, 0.4) is 0 Å². The molecule has 0 saturated carbocycles. The van der Waals surface area contributed by atoms with Gasteiger partial charge in [-0.2, -0.15) is 0 Å². The fourth-order valence-corrected chi connectivity index (χ4v) is 1.96. The van der Waals surface area contributed by atoms with Crippen LogP contribution in [0.25, 0.3) is 0 Å². The molecule has 0 amide bonds. The minimum atomic E-state index is -0.872. The fraction of sp³-hybridized carbons (Fsp3) is 0.533. The summed E-state index contributed by atoms with van der Waals surface area (Å²) < 4.78 is 0. The zero-order valence-electron chi connectivity index (χ0n) is 11.7. The minimum absolute atomic E-state index is 0.344. The van der Waals surface area contributed by atoms with Crippen molar-refractivity contribution in [3.8, 4) is 0 Å². The molecule has 0 aromatic heterocycles. The molecule has 0 bridgehead atoms. The van der Waals surface area contributed by atoms with Gasteiger partial charge >= 0.3 is 5.97 Å². The topological polar surface area (TPSA) is 40.5 Å². The van der Waals surface area contributed by atoms with E-state index >= 15 is 0 Å². The predicted molar refractivity (Wildman–Crippen MR) is 73.8 cm³/mol. The van der Waals surface area contributed by atoms with Gasteiger partial charge in [0.2, 0.25) is 0 Å². The maximum Gasteiger partial charge on any atom is 0.335 e. The van der Waals surface area contributed by atoms with Crippen LogP contribution in [-0.2, 0) is 6.54 Å². The van der Waals surface area contributed by atoms with Gasteiger partial charge in [0.15, 0.2) is 0 Å². The Labute approximate surface area is 109 Å². The SMILES string of the molecule is CCC(C)C(C)N(C)Cc1ccc(C(=O)O)cc1. The maximum absolute atomic E-state index is 10.8. The number of rotatable bonds is 6. The molecule has 2 atom stereocenters. The quantitative estimate of drug-likeness (QED) is 0.841. The molecule has 1 rings (SSSR count). The first-order valence-corrected chi connectivity index (χ1v) is 6.48. The second kappa shape index (κ2) is 6.55. The molecule has 2 unspecified atom stereocenters. The number of aromatic carboxylic acids is 1. The molecule has 18 heavy (non-hydrogen) atoms. The van der Waals surface area contributed by atoms with E-state index in [-0.39, 0.29) is 0 Å². The van der Waals surface area contributed by atoms with Gasteiger partial charge in [-0.1, -0.05) is 32.4 Å². The number of carboxylic acids is 1. The molecule has 3 nitrogen and oxygen atoms in total. The Morgan fingerprint density at radius 1 is 1.28 bits per heavy atom. The molecule has 0 spiro atoms. The van der Waals surface area contributed by atoms with Crippen LogP contribution < -0.4 is 0 Å². The Balaban J connectivity index is 2.64. The summed E-state index contributed by atoms with van der Waals surface area (Å²) in [5, 5.41) is 8.84. The number of carboxylic acid groups (broad SMARTS) is 1. The van der Waals surface area contributed by atoms with Crippen molar-refractivity contribution in [1.29, 1.82) is 0 Å². The fourth-order valence-electron chi connectivity index (χ4n) is 1.96. The normalized spacial score (nSPS) is 14.5. The van der Waals surface area contributed by atoms with Crippen LogP contribution >= 0.6 is 0 Å². The minimum Gasteiger partial charge on any atom is -0.478 e. The Hall–Kier alpha value is -1.35. The first kappa shape index (κ1) is 14.7. The Morgan fingerprint density at radius 3 is 2.28 bits per heavy atom. The van der Waals surface area contributed by atoms with E-state index in [2.05, 4.69) is 32.7 Å². The zero-order chi connectivity index (χ0) is 13.7. The second-order valence-electron chi connectivity index (χ2n) is 5.04. The van der Waals surface area contributed by atoms with E-state index in [1.165, 1.54) is 6.42 Å². The summed E-state index contributed by atoms with van der Waals surface area (Å²) >= 11 is 0. The van der Waals surface area contributed by atoms with Crippen molar-refractivity contribution in [3.63, 3.8) is 0 Å². The highest BCUT2D eigenvalue weighted by molar-refractivity contribution is 5.87. The molecular weight excluding hydrogens is 226 g/mol. The average Bonchev–Trinajstić information content (AvgIpc) is 2.37. The van der Waals surface area contributed by atoms with Gasteiger partial charge in [-0.3, -0.25) is 4.90 Å². The second-order valence-corrected chi connectivity index (χ2v) is 5.04. The molecular formula is C15H23NO2. The van der Waals surface area contributed by atoms with Crippen molar-refractivity contribution in [2.45, 2.75) is 39.8 Å². The van der Waals surface area contributed by atoms with Gasteiger partial charge in [0.25, 0.3) is 0 Å². The molecule has 3 heteroatoms. The maximum atomic E-state index is 10.8. The molecule has 1 N–H and O–H groups in total. The largest absolute Gasteiger partial charge is 0.478 e. The summed E-state index contributed by atoms with van der Waals surface area (Å²) in [4.78, 5) is 13.1. The van der Waals surface area contributed by atoms with Crippen LogP contribution in [0.15, 0.2) is 24.3 Å². The van der Waals surface area contributed by atoms with Crippen molar-refractivity contribution in [1.82, 2.24) is 4.90 Å². The van der Waals surface area contributed by atoms with E-state index in [1.54, 1.807) is 12.1 Å². The highest BCUT2D eigenvalue weighted by Gasteiger charge is 2.15. The summed E-state index contributed by atoms with van der Waals surface area (Å²) in [5.41, 5.74) is 1.49. The number of hydrogen-bond donors (Lipinski definition) is 1. The standard InChI is InChI=1S/C15H23NO2/c1-5-11(2)12(3)16(4)10-13-6-8-14(9-7-13)15(17)18/h6-9,11-12H,5,10H2,1-4H3,(H,17,18). The van der Waals surface area contributed by atoms with Crippen LogP contribution in [0.2, 0.25) is 0 Å². The third-order valence-electron chi connectivity index (χ3n) is 3.80. The van der Waals surface area contributed by atoms with Crippen LogP contribution in [0.4, 0.5) is 0 Å². The zero-order valence-corrected chi connectivity index (χ0v) is 11.7. The molecule has 1 aromatic carbocycles. The molecule has 0 heterocycles. The number of nitrogens with zero attached hydrogens (tertiary/aromatic N) is 1. The van der Waals surface area contributed by atoms with E-state index in [0.29, 0.717) is 17.5 Å². The van der Waals surface area contributed by atoms with Crippen LogP contribution in [-0.4, -0.2) is 29.1 Å². The molecule has 0 radical (unpaired) electrons. The van der Waals surface area contributed by atoms with E-state index in [4.69, 9.17) is 5.11 Å². The van der Waals surface area contributed by atoms with Crippen molar-refractivity contribution in [2.24, 2.45) is 5.92 Å². The molecule has 0 saturated heterocycles. The van der Waals surface area contributed by atoms with E-state index in [9.17, 15) is 4.79 Å². The Morgan fingerprint density at radius 2 is 1.83 bits per heavy atom. The van der Waals surface area contributed by atoms with Crippen LogP contribution in [0, 0.1) is 5.92 Å². The van der Waals surface area contributed by atoms with E-state index in [0.717, 1.165) is 12.1 Å². The predicted octanol–water partition coefficient (Wildman–Crippen LogP) is 3.25. The lowest BCUT2D eigenvalue weighted by molar-refractivity contribution is 0.0697. The summed E-state index contributed by atoms with van der Waals surface area (Å²) in [6.07, 6.45) is 1.17. The van der Waals surface area contributed by atoms with Gasteiger partial charge in [-0.25, -0.2) is 4.79 Å². The Bertz CT molecular complexity index is 386. The summed E-state index contributed by atoms with van der Waals surface area (Å²) in [6, 6.07) is 7.64. The van der Waals surface area contributed by atoms with E-state index < -0.39 is 5.97 Å². The lowest BCUT2D eigenvalue weighted by atomic mass is 9.99. The summed E-state index contributed by atoms with van der Waals surface area (Å²) in [7, 11) is 2.11. The van der Waals surface area contributed by atoms with Gasteiger partial charge in [0.1, 0.15) is 0 Å². The van der Waals surface area contributed by atoms with Crippen molar-refractivity contribution in [3.05, 3.63) is 35.4 Å². The lowest BCUT2D eigenvalue weighted by Crippen LogP contribution is -2.33. The summed E-state index contributed by atoms with van der Waals surface area (Å²) in [5.74, 6) is -0.212. The van der Waals surface area contributed by atoms with Gasteiger partial charge < -0.3 is 5.11 Å². The Kier molecular flexibility index (Phi) is 5.35. The van der Waals surface area contributed by atoms with Crippen molar-refractivity contribution in [2.75, 3.05) is 7.05 Å². The highest BCUT2D eigenvalue weighted by Crippen LogP contribution is 2.15. The summed E-state index contributed by atoms with van der Waals surface area (Å²) in [6.45, 7) is 7.55. The molecule has 0 aliphatic rings. The van der Waals surface area contributed by atoms with Gasteiger partial charge in [0.05, 0.1) is 5.56 Å². The van der Waals surface area contributed by atoms with Crippen molar-refractivity contribution >= 4 is 5.97 Å². The lowest BCUT2D eigenvalue weighted by Gasteiger charge is -2.29. The number of benzene rings is 1. The third kappa shape index (κ3) is 3.84. The number of carbonyl (C=O) groups is 1. The van der Waals surface area contributed by atoms with E-state index in [1.807, 2.05) is 12.1 Å².